The SMILES string of the molecule is Cl[SiH2]N([SiH2]Cl)C1CCCCC1. The molecule has 5 heteroatoms. The maximum atomic E-state index is 5.92. The van der Waals surface area contributed by atoms with Gasteiger partial charge in [0.15, 0.2) is 18.0 Å². The van der Waals surface area contributed by atoms with E-state index in [0.29, 0.717) is 0 Å². The Morgan fingerprint density at radius 2 is 1.55 bits per heavy atom. The van der Waals surface area contributed by atoms with Gasteiger partial charge in [-0.1, -0.05) is 19.3 Å². The van der Waals surface area contributed by atoms with Crippen molar-refractivity contribution in [2.24, 2.45) is 0 Å². The van der Waals surface area contributed by atoms with Gasteiger partial charge in [-0.3, -0.25) is 0 Å². The fraction of sp³-hybridized carbons (Fsp3) is 1.00. The quantitative estimate of drug-likeness (QED) is 0.516. The van der Waals surface area contributed by atoms with Gasteiger partial charge in [-0.05, 0) is 18.9 Å². The highest BCUT2D eigenvalue weighted by Gasteiger charge is 2.18. The monoisotopic (exact) mass is 227 g/mol. The molecule has 0 radical (unpaired) electrons. The number of hydrogen-bond donors (Lipinski definition) is 0. The third-order valence-corrected chi connectivity index (χ3v) is 8.93. The minimum atomic E-state index is -0.482. The summed E-state index contributed by atoms with van der Waals surface area (Å²) in [5, 5.41) is 0. The van der Waals surface area contributed by atoms with E-state index in [1.807, 2.05) is 0 Å². The molecule has 0 aromatic carbocycles. The third kappa shape index (κ3) is 3.07. The molecule has 0 unspecified atom stereocenters. The van der Waals surface area contributed by atoms with Crippen LogP contribution < -0.4 is 0 Å². The second-order valence-corrected chi connectivity index (χ2v) is 7.55. The van der Waals surface area contributed by atoms with Crippen LogP contribution in [0.3, 0.4) is 0 Å². The second kappa shape index (κ2) is 5.59. The van der Waals surface area contributed by atoms with Gasteiger partial charge in [0.1, 0.15) is 0 Å². The van der Waals surface area contributed by atoms with Crippen LogP contribution in [0, 0.1) is 0 Å². The van der Waals surface area contributed by atoms with Gasteiger partial charge in [-0.2, -0.15) is 22.2 Å². The van der Waals surface area contributed by atoms with E-state index in [0.717, 1.165) is 6.04 Å². The van der Waals surface area contributed by atoms with Crippen LogP contribution in [0.5, 0.6) is 0 Å². The lowest BCUT2D eigenvalue weighted by Crippen LogP contribution is -2.38. The van der Waals surface area contributed by atoms with Crippen LogP contribution in [0.2, 0.25) is 0 Å². The van der Waals surface area contributed by atoms with Crippen LogP contribution in [0.25, 0.3) is 0 Å². The lowest BCUT2D eigenvalue weighted by Gasteiger charge is -2.31. The van der Waals surface area contributed by atoms with Crippen LogP contribution in [-0.2, 0) is 0 Å². The highest BCUT2D eigenvalue weighted by Crippen LogP contribution is 2.21. The van der Waals surface area contributed by atoms with Gasteiger partial charge < -0.3 is 4.23 Å². The molecule has 11 heavy (non-hydrogen) atoms. The van der Waals surface area contributed by atoms with E-state index in [-0.39, 0.29) is 0 Å². The minimum absolute atomic E-state index is 0.482. The fourth-order valence-corrected chi connectivity index (χ4v) is 6.52. The molecule has 1 rings (SSSR count). The van der Waals surface area contributed by atoms with Gasteiger partial charge in [0.2, 0.25) is 0 Å². The number of nitrogens with zero attached hydrogens (tertiary/aromatic N) is 1. The van der Waals surface area contributed by atoms with Crippen LogP contribution in [0.4, 0.5) is 0 Å². The summed E-state index contributed by atoms with van der Waals surface area (Å²) in [5.74, 6) is 0. The zero-order valence-electron chi connectivity index (χ0n) is 6.73. The Morgan fingerprint density at radius 1 is 1.00 bits per heavy atom. The maximum Gasteiger partial charge on any atom is 0.192 e. The lowest BCUT2D eigenvalue weighted by atomic mass is 9.96. The van der Waals surface area contributed by atoms with Crippen molar-refractivity contribution in [2.75, 3.05) is 0 Å². The molecule has 66 valence electrons. The van der Waals surface area contributed by atoms with Crippen molar-refractivity contribution in [2.45, 2.75) is 38.1 Å². The number of rotatable bonds is 3. The summed E-state index contributed by atoms with van der Waals surface area (Å²) in [5.41, 5.74) is 0. The maximum absolute atomic E-state index is 5.92. The molecule has 0 aromatic rings. The Morgan fingerprint density at radius 3 is 2.00 bits per heavy atom. The fourth-order valence-electron chi connectivity index (χ4n) is 1.67. The van der Waals surface area contributed by atoms with Gasteiger partial charge in [-0.15, -0.1) is 0 Å². The first kappa shape index (κ1) is 10.1. The van der Waals surface area contributed by atoms with Gasteiger partial charge in [-0.25, -0.2) is 0 Å². The molecule has 1 aliphatic rings. The Hall–Kier alpha value is 0.974. The molecule has 0 aliphatic heterocycles. The van der Waals surface area contributed by atoms with Gasteiger partial charge in [0, 0.05) is 0 Å². The minimum Gasteiger partial charge on any atom is -0.328 e. The molecule has 0 N–H and O–H groups in total. The van der Waals surface area contributed by atoms with E-state index in [1.165, 1.54) is 32.1 Å². The molecule has 0 atom stereocenters. The zero-order valence-corrected chi connectivity index (χ0v) is 11.1. The Labute approximate surface area is 82.6 Å². The van der Waals surface area contributed by atoms with E-state index >= 15 is 0 Å². The number of hydrogen-bond acceptors (Lipinski definition) is 1. The first-order valence-electron chi connectivity index (χ1n) is 4.24. The molecule has 0 aromatic heterocycles. The van der Waals surface area contributed by atoms with Gasteiger partial charge in [0.25, 0.3) is 0 Å². The second-order valence-electron chi connectivity index (χ2n) is 3.12. The predicted molar refractivity (Wildman–Crippen MR) is 57.5 cm³/mol. The normalized spacial score (nSPS) is 23.2. The van der Waals surface area contributed by atoms with Crippen molar-refractivity contribution < 1.29 is 0 Å². The average Bonchev–Trinajstić information content (AvgIpc) is 2.09. The summed E-state index contributed by atoms with van der Waals surface area (Å²) in [4.78, 5) is 0. The van der Waals surface area contributed by atoms with Gasteiger partial charge >= 0.3 is 0 Å². The Kier molecular flexibility index (Phi) is 5.11. The van der Waals surface area contributed by atoms with Crippen LogP contribution in [-0.4, -0.2) is 28.3 Å². The van der Waals surface area contributed by atoms with E-state index in [1.54, 1.807) is 0 Å². The zero-order chi connectivity index (χ0) is 8.10. The molecule has 0 saturated heterocycles. The molecule has 0 bridgehead atoms. The standard InChI is InChI=1S/C6H15Cl2NSi2/c7-10-9(11-8)6-4-2-1-3-5-6/h6H,1-5,10-11H2. The molecule has 1 nitrogen and oxygen atoms in total. The van der Waals surface area contributed by atoms with Crippen molar-refractivity contribution >= 4 is 40.1 Å². The van der Waals surface area contributed by atoms with Crippen molar-refractivity contribution in [1.29, 1.82) is 0 Å². The van der Waals surface area contributed by atoms with E-state index < -0.39 is 18.0 Å². The first-order chi connectivity index (χ1) is 5.38. The Bertz CT molecular complexity index is 105. The summed E-state index contributed by atoms with van der Waals surface area (Å²) in [6.07, 6.45) is 6.88. The summed E-state index contributed by atoms with van der Waals surface area (Å²) in [6.45, 7) is 0. The van der Waals surface area contributed by atoms with E-state index in [2.05, 4.69) is 4.23 Å². The molecule has 1 aliphatic carbocycles. The lowest BCUT2D eigenvalue weighted by molar-refractivity contribution is 0.346. The first-order valence-corrected chi connectivity index (χ1v) is 9.78. The van der Waals surface area contributed by atoms with Crippen LogP contribution in [0.15, 0.2) is 0 Å². The van der Waals surface area contributed by atoms with Crippen LogP contribution in [0.1, 0.15) is 32.1 Å². The summed E-state index contributed by atoms with van der Waals surface area (Å²) >= 11 is 11.8. The highest BCUT2D eigenvalue weighted by molar-refractivity contribution is 7.02. The van der Waals surface area contributed by atoms with E-state index in [9.17, 15) is 0 Å². The summed E-state index contributed by atoms with van der Waals surface area (Å²) < 4.78 is 2.42. The predicted octanol–water partition coefficient (Wildman–Crippen LogP) is 1.10. The van der Waals surface area contributed by atoms with Gasteiger partial charge in [0.05, 0.1) is 0 Å². The highest BCUT2D eigenvalue weighted by atomic mass is 35.6. The summed E-state index contributed by atoms with van der Waals surface area (Å²) in [6, 6.07) is 0.775. The van der Waals surface area contributed by atoms with Crippen molar-refractivity contribution in [3.8, 4) is 0 Å². The van der Waals surface area contributed by atoms with E-state index in [4.69, 9.17) is 22.2 Å². The molecular formula is C6H15Cl2NSi2. The third-order valence-electron chi connectivity index (χ3n) is 2.40. The smallest absolute Gasteiger partial charge is 0.192 e. The Balaban J connectivity index is 2.30. The molecule has 1 fully saturated rings. The van der Waals surface area contributed by atoms with Crippen molar-refractivity contribution in [3.63, 3.8) is 0 Å². The largest absolute Gasteiger partial charge is 0.328 e. The molecular weight excluding hydrogens is 213 g/mol. The molecule has 0 amide bonds. The molecule has 1 saturated carbocycles. The summed E-state index contributed by atoms with van der Waals surface area (Å²) in [7, 11) is -0.963. The van der Waals surface area contributed by atoms with Crippen molar-refractivity contribution in [3.05, 3.63) is 0 Å². The van der Waals surface area contributed by atoms with Crippen molar-refractivity contribution in [1.82, 2.24) is 4.23 Å². The topological polar surface area (TPSA) is 3.24 Å². The molecule has 0 spiro atoms. The number of halogens is 2. The van der Waals surface area contributed by atoms with Crippen LogP contribution >= 0.6 is 22.2 Å². The molecule has 0 heterocycles. The average molecular weight is 228 g/mol.